The molecule has 22 heavy (non-hydrogen) atoms. The van der Waals surface area contributed by atoms with Gasteiger partial charge in [0.25, 0.3) is 0 Å². The van der Waals surface area contributed by atoms with Gasteiger partial charge in [0.15, 0.2) is 5.70 Å². The van der Waals surface area contributed by atoms with Crippen molar-refractivity contribution in [3.8, 4) is 5.75 Å². The number of benzene rings is 2. The fourth-order valence-corrected chi connectivity index (χ4v) is 2.24. The fourth-order valence-electron chi connectivity index (χ4n) is 2.24. The van der Waals surface area contributed by atoms with Crippen molar-refractivity contribution >= 4 is 17.9 Å². The van der Waals surface area contributed by atoms with Crippen LogP contribution in [0, 0.1) is 6.92 Å². The Morgan fingerprint density at radius 2 is 1.95 bits per heavy atom. The highest BCUT2D eigenvalue weighted by Crippen LogP contribution is 2.24. The Balaban J connectivity index is 1.98. The van der Waals surface area contributed by atoms with Crippen LogP contribution in [-0.2, 0) is 9.53 Å². The maximum absolute atomic E-state index is 12.0. The van der Waals surface area contributed by atoms with Gasteiger partial charge in [-0.1, -0.05) is 35.9 Å². The number of nitrogens with zero attached hydrogens (tertiary/aromatic N) is 1. The molecule has 0 radical (unpaired) electrons. The molecule has 0 unspecified atom stereocenters. The summed E-state index contributed by atoms with van der Waals surface area (Å²) in [6.07, 6.45) is 1.67. The zero-order chi connectivity index (χ0) is 15.5. The lowest BCUT2D eigenvalue weighted by atomic mass is 10.1. The molecule has 1 heterocycles. The molecular formula is C18H15NO3. The van der Waals surface area contributed by atoms with Crippen molar-refractivity contribution in [1.82, 2.24) is 0 Å². The summed E-state index contributed by atoms with van der Waals surface area (Å²) in [6, 6.07) is 15.1. The molecule has 4 heteroatoms. The molecule has 0 bridgehead atoms. The van der Waals surface area contributed by atoms with E-state index < -0.39 is 5.97 Å². The predicted octanol–water partition coefficient (Wildman–Crippen LogP) is 3.35. The first-order chi connectivity index (χ1) is 10.7. The SMILES string of the molecule is COc1ccccc1/C=C1\N=C(c2cccc(C)c2)OC1=O. The van der Waals surface area contributed by atoms with Crippen LogP contribution in [0.5, 0.6) is 5.75 Å². The Hall–Kier alpha value is -2.88. The number of aryl methyl sites for hydroxylation is 1. The van der Waals surface area contributed by atoms with E-state index in [9.17, 15) is 4.79 Å². The van der Waals surface area contributed by atoms with E-state index in [-0.39, 0.29) is 5.70 Å². The van der Waals surface area contributed by atoms with E-state index in [1.807, 2.05) is 55.5 Å². The molecule has 2 aromatic rings. The summed E-state index contributed by atoms with van der Waals surface area (Å²) < 4.78 is 10.5. The Bertz CT molecular complexity index is 790. The van der Waals surface area contributed by atoms with Gasteiger partial charge in [0, 0.05) is 11.1 Å². The van der Waals surface area contributed by atoms with Crippen molar-refractivity contribution in [3.63, 3.8) is 0 Å². The normalized spacial score (nSPS) is 15.6. The topological polar surface area (TPSA) is 47.9 Å². The van der Waals surface area contributed by atoms with Crippen molar-refractivity contribution in [3.05, 3.63) is 70.9 Å². The minimum atomic E-state index is -0.456. The van der Waals surface area contributed by atoms with E-state index in [2.05, 4.69) is 4.99 Å². The fraction of sp³-hybridized carbons (Fsp3) is 0.111. The van der Waals surface area contributed by atoms with Crippen LogP contribution < -0.4 is 4.74 Å². The lowest BCUT2D eigenvalue weighted by Crippen LogP contribution is -2.05. The average Bonchev–Trinajstić information content (AvgIpc) is 2.89. The van der Waals surface area contributed by atoms with E-state index in [1.165, 1.54) is 0 Å². The maximum atomic E-state index is 12.0. The van der Waals surface area contributed by atoms with Crippen LogP contribution in [0.4, 0.5) is 0 Å². The zero-order valence-electron chi connectivity index (χ0n) is 12.4. The van der Waals surface area contributed by atoms with Gasteiger partial charge in [0.2, 0.25) is 5.90 Å². The summed E-state index contributed by atoms with van der Waals surface area (Å²) in [5, 5.41) is 0. The molecule has 0 saturated carbocycles. The van der Waals surface area contributed by atoms with E-state index in [1.54, 1.807) is 13.2 Å². The van der Waals surface area contributed by atoms with Crippen molar-refractivity contribution in [1.29, 1.82) is 0 Å². The molecule has 0 fully saturated rings. The second-order valence-corrected chi connectivity index (χ2v) is 4.95. The summed E-state index contributed by atoms with van der Waals surface area (Å²) in [6.45, 7) is 1.98. The first kappa shape index (κ1) is 14.1. The molecule has 0 aliphatic carbocycles. The van der Waals surface area contributed by atoms with Gasteiger partial charge in [0.1, 0.15) is 5.75 Å². The lowest BCUT2D eigenvalue weighted by Gasteiger charge is -2.03. The average molecular weight is 293 g/mol. The minimum Gasteiger partial charge on any atom is -0.496 e. The van der Waals surface area contributed by atoms with Crippen LogP contribution in [0.1, 0.15) is 16.7 Å². The second kappa shape index (κ2) is 5.85. The minimum absolute atomic E-state index is 0.265. The van der Waals surface area contributed by atoms with Crippen LogP contribution in [0.25, 0.3) is 6.08 Å². The molecule has 0 N–H and O–H groups in total. The van der Waals surface area contributed by atoms with Gasteiger partial charge in [-0.25, -0.2) is 9.79 Å². The molecule has 0 spiro atoms. The van der Waals surface area contributed by atoms with Gasteiger partial charge in [-0.3, -0.25) is 0 Å². The number of methoxy groups -OCH3 is 1. The molecule has 1 aliphatic rings. The molecule has 2 aromatic carbocycles. The van der Waals surface area contributed by atoms with E-state index in [0.717, 1.165) is 16.7 Å². The van der Waals surface area contributed by atoms with Gasteiger partial charge in [-0.2, -0.15) is 0 Å². The number of aliphatic imine (C=N–C) groups is 1. The summed E-state index contributed by atoms with van der Waals surface area (Å²) in [5.41, 5.74) is 2.92. The summed E-state index contributed by atoms with van der Waals surface area (Å²) in [4.78, 5) is 16.3. The number of ether oxygens (including phenoxy) is 2. The van der Waals surface area contributed by atoms with E-state index >= 15 is 0 Å². The molecular weight excluding hydrogens is 278 g/mol. The van der Waals surface area contributed by atoms with Gasteiger partial charge in [-0.05, 0) is 31.2 Å². The first-order valence-electron chi connectivity index (χ1n) is 6.90. The number of carbonyl (C=O) groups is 1. The van der Waals surface area contributed by atoms with Crippen LogP contribution in [0.3, 0.4) is 0 Å². The number of rotatable bonds is 3. The maximum Gasteiger partial charge on any atom is 0.363 e. The van der Waals surface area contributed by atoms with E-state index in [0.29, 0.717) is 11.6 Å². The summed E-state index contributed by atoms with van der Waals surface area (Å²) in [5.74, 6) is 0.555. The molecule has 4 nitrogen and oxygen atoms in total. The molecule has 110 valence electrons. The molecule has 0 atom stereocenters. The Morgan fingerprint density at radius 1 is 1.14 bits per heavy atom. The quantitative estimate of drug-likeness (QED) is 0.644. The Morgan fingerprint density at radius 3 is 2.73 bits per heavy atom. The van der Waals surface area contributed by atoms with Gasteiger partial charge < -0.3 is 9.47 Å². The second-order valence-electron chi connectivity index (χ2n) is 4.95. The van der Waals surface area contributed by atoms with Gasteiger partial charge >= 0.3 is 5.97 Å². The van der Waals surface area contributed by atoms with Gasteiger partial charge in [-0.15, -0.1) is 0 Å². The summed E-state index contributed by atoms with van der Waals surface area (Å²) in [7, 11) is 1.59. The number of para-hydroxylation sites is 1. The lowest BCUT2D eigenvalue weighted by molar-refractivity contribution is -0.129. The molecule has 3 rings (SSSR count). The highest BCUT2D eigenvalue weighted by atomic mass is 16.6. The number of esters is 1. The standard InChI is InChI=1S/C18H15NO3/c1-12-6-5-8-14(10-12)17-19-15(18(20)22-17)11-13-7-3-4-9-16(13)21-2/h3-11H,1-2H3/b15-11-. The largest absolute Gasteiger partial charge is 0.496 e. The highest BCUT2D eigenvalue weighted by Gasteiger charge is 2.24. The smallest absolute Gasteiger partial charge is 0.363 e. The monoisotopic (exact) mass is 293 g/mol. The number of hydrogen-bond donors (Lipinski definition) is 0. The Labute approximate surface area is 128 Å². The third kappa shape index (κ3) is 2.76. The highest BCUT2D eigenvalue weighted by molar-refractivity contribution is 6.13. The molecule has 0 aromatic heterocycles. The Kier molecular flexibility index (Phi) is 3.74. The van der Waals surface area contributed by atoms with E-state index in [4.69, 9.17) is 9.47 Å². The van der Waals surface area contributed by atoms with Crippen molar-refractivity contribution in [2.75, 3.05) is 7.11 Å². The zero-order valence-corrected chi connectivity index (χ0v) is 12.4. The third-order valence-corrected chi connectivity index (χ3v) is 3.32. The predicted molar refractivity (Wildman–Crippen MR) is 84.8 cm³/mol. The van der Waals surface area contributed by atoms with Crippen LogP contribution in [0.2, 0.25) is 0 Å². The van der Waals surface area contributed by atoms with Crippen molar-refractivity contribution in [2.45, 2.75) is 6.92 Å². The molecule has 1 aliphatic heterocycles. The number of carbonyl (C=O) groups excluding carboxylic acids is 1. The number of hydrogen-bond acceptors (Lipinski definition) is 4. The molecule has 0 amide bonds. The summed E-state index contributed by atoms with van der Waals surface area (Å²) >= 11 is 0. The van der Waals surface area contributed by atoms with Crippen LogP contribution >= 0.6 is 0 Å². The van der Waals surface area contributed by atoms with Crippen LogP contribution in [0.15, 0.2) is 59.2 Å². The molecule has 0 saturated heterocycles. The van der Waals surface area contributed by atoms with Gasteiger partial charge in [0.05, 0.1) is 7.11 Å². The third-order valence-electron chi connectivity index (χ3n) is 3.32. The van der Waals surface area contributed by atoms with Crippen LogP contribution in [-0.4, -0.2) is 19.0 Å². The first-order valence-corrected chi connectivity index (χ1v) is 6.90. The van der Waals surface area contributed by atoms with Crippen molar-refractivity contribution < 1.29 is 14.3 Å². The van der Waals surface area contributed by atoms with Crippen molar-refractivity contribution in [2.24, 2.45) is 4.99 Å². The number of cyclic esters (lactones) is 1.